The Hall–Kier alpha value is -1.35. The molecule has 21 heavy (non-hydrogen) atoms. The molecule has 116 valence electrons. The summed E-state index contributed by atoms with van der Waals surface area (Å²) in [6.07, 6.45) is 6.28. The molecule has 0 heterocycles. The van der Waals surface area contributed by atoms with Gasteiger partial charge in [-0.3, -0.25) is 4.79 Å². The van der Waals surface area contributed by atoms with Crippen molar-refractivity contribution in [3.63, 3.8) is 0 Å². The molecular weight excluding hydrogens is 260 g/mol. The van der Waals surface area contributed by atoms with E-state index in [9.17, 15) is 4.79 Å². The van der Waals surface area contributed by atoms with E-state index in [1.54, 1.807) is 0 Å². The van der Waals surface area contributed by atoms with Crippen molar-refractivity contribution >= 4 is 11.6 Å². The average Bonchev–Trinajstić information content (AvgIpc) is 2.48. The van der Waals surface area contributed by atoms with Crippen LogP contribution in [0.3, 0.4) is 0 Å². The zero-order chi connectivity index (χ0) is 15.2. The first kappa shape index (κ1) is 16.0. The molecule has 3 heteroatoms. The van der Waals surface area contributed by atoms with Gasteiger partial charge in [0.05, 0.1) is 6.04 Å². The summed E-state index contributed by atoms with van der Waals surface area (Å²) in [6.45, 7) is 6.24. The fraction of sp³-hybridized carbons (Fsp3) is 0.611. The zero-order valence-corrected chi connectivity index (χ0v) is 13.5. The maximum atomic E-state index is 12.6. The van der Waals surface area contributed by atoms with Crippen molar-refractivity contribution in [1.82, 2.24) is 5.32 Å². The van der Waals surface area contributed by atoms with Crippen molar-refractivity contribution in [3.05, 3.63) is 29.8 Å². The lowest BCUT2D eigenvalue weighted by molar-refractivity contribution is -0.119. The molecule has 0 radical (unpaired) electrons. The second kappa shape index (κ2) is 7.60. The Morgan fingerprint density at radius 1 is 1.14 bits per heavy atom. The van der Waals surface area contributed by atoms with Crippen LogP contribution in [0.4, 0.5) is 5.69 Å². The zero-order valence-electron chi connectivity index (χ0n) is 13.5. The summed E-state index contributed by atoms with van der Waals surface area (Å²) in [6, 6.07) is 8.31. The maximum Gasteiger partial charge on any atom is 0.241 e. The van der Waals surface area contributed by atoms with Gasteiger partial charge >= 0.3 is 0 Å². The molecule has 2 rings (SSSR count). The van der Waals surface area contributed by atoms with Gasteiger partial charge in [0.2, 0.25) is 5.91 Å². The summed E-state index contributed by atoms with van der Waals surface area (Å²) in [5.74, 6) is 0.376. The van der Waals surface area contributed by atoms with Gasteiger partial charge in [-0.2, -0.15) is 0 Å². The number of amides is 1. The minimum absolute atomic E-state index is 0.0878. The van der Waals surface area contributed by atoms with E-state index in [1.165, 1.54) is 32.1 Å². The Morgan fingerprint density at radius 2 is 1.81 bits per heavy atom. The van der Waals surface area contributed by atoms with E-state index in [2.05, 4.69) is 24.5 Å². The number of carbonyl (C=O) groups excluding carboxylic acids is 1. The second-order valence-electron chi connectivity index (χ2n) is 6.53. The van der Waals surface area contributed by atoms with Crippen LogP contribution in [0.5, 0.6) is 0 Å². The standard InChI is InChI=1S/C18H28N2O/c1-13(2)17(19-15-10-5-4-6-11-15)18(21)20-16-12-8-7-9-14(16)3/h7-9,12-13,15,17,19H,4-6,10-11H2,1-3H3,(H,20,21). The normalized spacial score (nSPS) is 17.7. The molecule has 1 aliphatic carbocycles. The van der Waals surface area contributed by atoms with Crippen LogP contribution < -0.4 is 10.6 Å². The van der Waals surface area contributed by atoms with Crippen LogP contribution in [-0.2, 0) is 4.79 Å². The molecule has 3 nitrogen and oxygen atoms in total. The fourth-order valence-corrected chi connectivity index (χ4v) is 3.02. The van der Waals surface area contributed by atoms with Gasteiger partial charge in [0.1, 0.15) is 0 Å². The molecule has 1 atom stereocenters. The van der Waals surface area contributed by atoms with E-state index in [-0.39, 0.29) is 17.9 Å². The maximum absolute atomic E-state index is 12.6. The van der Waals surface area contributed by atoms with Crippen LogP contribution in [0.25, 0.3) is 0 Å². The van der Waals surface area contributed by atoms with Gasteiger partial charge < -0.3 is 10.6 Å². The number of benzene rings is 1. The summed E-state index contributed by atoms with van der Waals surface area (Å²) in [5, 5.41) is 6.66. The van der Waals surface area contributed by atoms with Gasteiger partial charge in [0.15, 0.2) is 0 Å². The van der Waals surface area contributed by atoms with E-state index in [0.29, 0.717) is 6.04 Å². The topological polar surface area (TPSA) is 41.1 Å². The molecule has 1 saturated carbocycles. The highest BCUT2D eigenvalue weighted by molar-refractivity contribution is 5.95. The number of anilines is 1. The van der Waals surface area contributed by atoms with Crippen LogP contribution in [-0.4, -0.2) is 18.0 Å². The fourth-order valence-electron chi connectivity index (χ4n) is 3.02. The van der Waals surface area contributed by atoms with Gasteiger partial charge in [-0.25, -0.2) is 0 Å². The highest BCUT2D eigenvalue weighted by Crippen LogP contribution is 2.20. The molecule has 2 N–H and O–H groups in total. The Kier molecular flexibility index (Phi) is 5.80. The van der Waals surface area contributed by atoms with Crippen LogP contribution in [0.1, 0.15) is 51.5 Å². The monoisotopic (exact) mass is 288 g/mol. The van der Waals surface area contributed by atoms with Crippen molar-refractivity contribution in [2.24, 2.45) is 5.92 Å². The van der Waals surface area contributed by atoms with E-state index >= 15 is 0 Å². The van der Waals surface area contributed by atoms with Gasteiger partial charge in [-0.1, -0.05) is 51.3 Å². The van der Waals surface area contributed by atoms with E-state index < -0.39 is 0 Å². The molecule has 0 aromatic heterocycles. The highest BCUT2D eigenvalue weighted by Gasteiger charge is 2.26. The molecule has 0 aliphatic heterocycles. The third-order valence-electron chi connectivity index (χ3n) is 4.37. The van der Waals surface area contributed by atoms with Gasteiger partial charge in [-0.05, 0) is 37.3 Å². The number of nitrogens with one attached hydrogen (secondary N) is 2. The SMILES string of the molecule is Cc1ccccc1NC(=O)C(NC1CCCCC1)C(C)C. The van der Waals surface area contributed by atoms with Crippen molar-refractivity contribution in [3.8, 4) is 0 Å². The molecule has 1 amide bonds. The lowest BCUT2D eigenvalue weighted by atomic mass is 9.93. The third-order valence-corrected chi connectivity index (χ3v) is 4.37. The minimum atomic E-state index is -0.118. The highest BCUT2D eigenvalue weighted by atomic mass is 16.2. The number of hydrogen-bond acceptors (Lipinski definition) is 2. The molecule has 1 aromatic rings. The first-order chi connectivity index (χ1) is 10.1. The quantitative estimate of drug-likeness (QED) is 0.863. The predicted molar refractivity (Wildman–Crippen MR) is 88.4 cm³/mol. The summed E-state index contributed by atoms with van der Waals surface area (Å²) >= 11 is 0. The molecule has 1 fully saturated rings. The molecule has 0 saturated heterocycles. The molecule has 0 bridgehead atoms. The predicted octanol–water partition coefficient (Wildman–Crippen LogP) is 3.88. The Bertz CT molecular complexity index is 464. The minimum Gasteiger partial charge on any atom is -0.324 e. The average molecular weight is 288 g/mol. The summed E-state index contributed by atoms with van der Waals surface area (Å²) in [7, 11) is 0. The van der Waals surface area contributed by atoms with Gasteiger partial charge in [0, 0.05) is 11.7 Å². The van der Waals surface area contributed by atoms with Crippen LogP contribution in [0.2, 0.25) is 0 Å². The molecule has 1 aromatic carbocycles. The van der Waals surface area contributed by atoms with Crippen molar-refractivity contribution < 1.29 is 4.79 Å². The number of aryl methyl sites for hydroxylation is 1. The summed E-state index contributed by atoms with van der Waals surface area (Å²) in [5.41, 5.74) is 2.02. The first-order valence-corrected chi connectivity index (χ1v) is 8.20. The molecular formula is C18H28N2O. The van der Waals surface area contributed by atoms with E-state index in [4.69, 9.17) is 0 Å². The van der Waals surface area contributed by atoms with E-state index in [0.717, 1.165) is 11.3 Å². The lowest BCUT2D eigenvalue weighted by Gasteiger charge is -2.30. The Labute approximate surface area is 128 Å². The molecule has 0 spiro atoms. The largest absolute Gasteiger partial charge is 0.324 e. The van der Waals surface area contributed by atoms with Crippen molar-refractivity contribution in [2.45, 2.75) is 65.0 Å². The number of rotatable bonds is 5. The van der Waals surface area contributed by atoms with Crippen LogP contribution in [0, 0.1) is 12.8 Å². The van der Waals surface area contributed by atoms with Crippen molar-refractivity contribution in [2.75, 3.05) is 5.32 Å². The molecule has 1 aliphatic rings. The first-order valence-electron chi connectivity index (χ1n) is 8.20. The van der Waals surface area contributed by atoms with Crippen LogP contribution >= 0.6 is 0 Å². The third kappa shape index (κ3) is 4.57. The summed E-state index contributed by atoms with van der Waals surface area (Å²) < 4.78 is 0. The van der Waals surface area contributed by atoms with Gasteiger partial charge in [0.25, 0.3) is 0 Å². The van der Waals surface area contributed by atoms with E-state index in [1.807, 2.05) is 31.2 Å². The number of carbonyl (C=O) groups is 1. The molecule has 1 unspecified atom stereocenters. The Morgan fingerprint density at radius 3 is 2.43 bits per heavy atom. The lowest BCUT2D eigenvalue weighted by Crippen LogP contribution is -2.49. The van der Waals surface area contributed by atoms with Crippen molar-refractivity contribution in [1.29, 1.82) is 0 Å². The van der Waals surface area contributed by atoms with Gasteiger partial charge in [-0.15, -0.1) is 0 Å². The van der Waals surface area contributed by atoms with Crippen LogP contribution in [0.15, 0.2) is 24.3 Å². The second-order valence-corrected chi connectivity index (χ2v) is 6.53. The Balaban J connectivity index is 2.00. The summed E-state index contributed by atoms with van der Waals surface area (Å²) in [4.78, 5) is 12.6. The smallest absolute Gasteiger partial charge is 0.241 e. The number of para-hydroxylation sites is 1. The number of hydrogen-bond donors (Lipinski definition) is 2.